The number of likely N-dealkylation sites (tertiary alicyclic amines) is 1. The van der Waals surface area contributed by atoms with Gasteiger partial charge in [0.1, 0.15) is 23.8 Å². The summed E-state index contributed by atoms with van der Waals surface area (Å²) in [5.41, 5.74) is 1.16. The number of ether oxygens (including phenoxy) is 2. The molecule has 0 spiro atoms. The van der Waals surface area contributed by atoms with Gasteiger partial charge < -0.3 is 19.5 Å². The van der Waals surface area contributed by atoms with Crippen LogP contribution in [0.25, 0.3) is 0 Å². The number of aliphatic hydroxyl groups excluding tert-OH is 1. The molecular formula is C25H29FN2O6S. The zero-order valence-electron chi connectivity index (χ0n) is 19.2. The molecule has 0 saturated carbocycles. The van der Waals surface area contributed by atoms with E-state index in [9.17, 15) is 22.7 Å². The average molecular weight is 505 g/mol. The number of carbonyl (C=O) groups is 1. The number of amides is 1. The summed E-state index contributed by atoms with van der Waals surface area (Å²) in [5, 5.41) is 9.95. The lowest BCUT2D eigenvalue weighted by atomic mass is 9.84. The Hall–Kier alpha value is -2.69. The van der Waals surface area contributed by atoms with E-state index in [-0.39, 0.29) is 35.9 Å². The Morgan fingerprint density at radius 2 is 1.86 bits per heavy atom. The SMILES string of the molecule is O=C(C[C@@H]1C[C@H]2c3cc(NS(=O)(=O)c4ccc(F)cc4)ccc3O[C@H]2[C@@H](CO)O1)N1CCCCC1. The van der Waals surface area contributed by atoms with Crippen molar-refractivity contribution in [2.45, 2.75) is 61.2 Å². The van der Waals surface area contributed by atoms with Gasteiger partial charge in [-0.1, -0.05) is 0 Å². The largest absolute Gasteiger partial charge is 0.487 e. The molecule has 2 aromatic carbocycles. The van der Waals surface area contributed by atoms with Crippen LogP contribution in [0.5, 0.6) is 5.75 Å². The van der Waals surface area contributed by atoms with Crippen molar-refractivity contribution in [2.24, 2.45) is 0 Å². The molecule has 0 radical (unpaired) electrons. The summed E-state index contributed by atoms with van der Waals surface area (Å²) in [5.74, 6) is 0.000791. The molecule has 2 saturated heterocycles. The lowest BCUT2D eigenvalue weighted by Crippen LogP contribution is -2.48. The minimum Gasteiger partial charge on any atom is -0.487 e. The van der Waals surface area contributed by atoms with Gasteiger partial charge in [-0.2, -0.15) is 0 Å². The van der Waals surface area contributed by atoms with Crippen molar-refractivity contribution < 1.29 is 32.2 Å². The number of hydrogen-bond donors (Lipinski definition) is 2. The van der Waals surface area contributed by atoms with Crippen molar-refractivity contribution in [1.29, 1.82) is 0 Å². The Kier molecular flexibility index (Phi) is 6.69. The van der Waals surface area contributed by atoms with Crippen molar-refractivity contribution in [2.75, 3.05) is 24.4 Å². The molecule has 3 heterocycles. The fourth-order valence-electron chi connectivity index (χ4n) is 5.25. The summed E-state index contributed by atoms with van der Waals surface area (Å²) < 4.78 is 53.4. The number of sulfonamides is 1. The molecule has 8 nitrogen and oxygen atoms in total. The first-order valence-electron chi connectivity index (χ1n) is 12.0. The van der Waals surface area contributed by atoms with Gasteiger partial charge in [0.05, 0.1) is 24.0 Å². The zero-order chi connectivity index (χ0) is 24.6. The Labute approximate surface area is 204 Å². The van der Waals surface area contributed by atoms with Gasteiger partial charge >= 0.3 is 0 Å². The summed E-state index contributed by atoms with van der Waals surface area (Å²) >= 11 is 0. The number of rotatable bonds is 6. The highest BCUT2D eigenvalue weighted by Gasteiger charge is 2.46. The molecular weight excluding hydrogens is 475 g/mol. The molecule has 0 unspecified atom stereocenters. The van der Waals surface area contributed by atoms with Crippen LogP contribution in [0.4, 0.5) is 10.1 Å². The maximum absolute atomic E-state index is 13.2. The second-order valence-corrected chi connectivity index (χ2v) is 11.0. The Morgan fingerprint density at radius 3 is 2.57 bits per heavy atom. The number of anilines is 1. The number of piperidine rings is 1. The van der Waals surface area contributed by atoms with Gasteiger partial charge in [-0.25, -0.2) is 12.8 Å². The lowest BCUT2D eigenvalue weighted by molar-refractivity contribution is -0.149. The fraction of sp³-hybridized carbons (Fsp3) is 0.480. The fourth-order valence-corrected chi connectivity index (χ4v) is 6.30. The van der Waals surface area contributed by atoms with Crippen LogP contribution in [-0.2, 0) is 19.6 Å². The number of aliphatic hydroxyl groups is 1. The molecule has 35 heavy (non-hydrogen) atoms. The quantitative estimate of drug-likeness (QED) is 0.627. The topological polar surface area (TPSA) is 105 Å². The van der Waals surface area contributed by atoms with Gasteiger partial charge in [0.2, 0.25) is 5.91 Å². The summed E-state index contributed by atoms with van der Waals surface area (Å²) in [6.07, 6.45) is 2.57. The van der Waals surface area contributed by atoms with Crippen LogP contribution in [0.15, 0.2) is 47.4 Å². The maximum atomic E-state index is 13.2. The summed E-state index contributed by atoms with van der Waals surface area (Å²) in [4.78, 5) is 14.7. The third kappa shape index (κ3) is 5.00. The van der Waals surface area contributed by atoms with E-state index in [1.807, 2.05) is 4.90 Å². The molecule has 5 rings (SSSR count). The lowest BCUT2D eigenvalue weighted by Gasteiger charge is -2.38. The monoisotopic (exact) mass is 504 g/mol. The standard InChI is InChI=1S/C25H29FN2O6S/c26-16-4-7-19(8-5-16)35(31,32)27-17-6-9-22-20(12-17)21-13-18(33-23(15-29)25(21)34-22)14-24(30)28-10-2-1-3-11-28/h4-9,12,18,21,23,25,27,29H,1-3,10-11,13-15H2/t18-,21-,23+,25+/m0/s1. The number of halogens is 1. The number of hydrogen-bond acceptors (Lipinski definition) is 6. The van der Waals surface area contributed by atoms with Crippen molar-refractivity contribution >= 4 is 21.6 Å². The van der Waals surface area contributed by atoms with E-state index in [0.29, 0.717) is 17.9 Å². The first-order valence-corrected chi connectivity index (χ1v) is 13.5. The van der Waals surface area contributed by atoms with E-state index < -0.39 is 28.0 Å². The molecule has 2 N–H and O–H groups in total. The molecule has 2 aromatic rings. The molecule has 3 aliphatic heterocycles. The molecule has 10 heteroatoms. The highest BCUT2D eigenvalue weighted by molar-refractivity contribution is 7.92. The Morgan fingerprint density at radius 1 is 1.11 bits per heavy atom. The van der Waals surface area contributed by atoms with E-state index in [0.717, 1.165) is 50.0 Å². The van der Waals surface area contributed by atoms with E-state index in [2.05, 4.69) is 4.72 Å². The molecule has 1 amide bonds. The second-order valence-electron chi connectivity index (χ2n) is 9.36. The molecule has 188 valence electrons. The smallest absolute Gasteiger partial charge is 0.261 e. The van der Waals surface area contributed by atoms with Crippen LogP contribution >= 0.6 is 0 Å². The van der Waals surface area contributed by atoms with E-state index in [1.165, 1.54) is 12.1 Å². The first kappa shape index (κ1) is 24.0. The summed E-state index contributed by atoms with van der Waals surface area (Å²) in [6, 6.07) is 9.62. The van der Waals surface area contributed by atoms with Gasteiger partial charge in [-0.15, -0.1) is 0 Å². The summed E-state index contributed by atoms with van der Waals surface area (Å²) in [6.45, 7) is 1.29. The van der Waals surface area contributed by atoms with E-state index in [4.69, 9.17) is 9.47 Å². The van der Waals surface area contributed by atoms with Crippen LogP contribution in [0.3, 0.4) is 0 Å². The van der Waals surface area contributed by atoms with Crippen LogP contribution in [-0.4, -0.2) is 62.3 Å². The molecule has 0 bridgehead atoms. The van der Waals surface area contributed by atoms with Gasteiger partial charge in [-0.3, -0.25) is 9.52 Å². The Bertz CT molecular complexity index is 1180. The maximum Gasteiger partial charge on any atom is 0.261 e. The van der Waals surface area contributed by atoms with Crippen LogP contribution < -0.4 is 9.46 Å². The third-order valence-electron chi connectivity index (χ3n) is 6.99. The van der Waals surface area contributed by atoms with E-state index >= 15 is 0 Å². The Balaban J connectivity index is 1.34. The number of benzene rings is 2. The highest BCUT2D eigenvalue weighted by Crippen LogP contribution is 2.47. The second kappa shape index (κ2) is 9.75. The van der Waals surface area contributed by atoms with Crippen LogP contribution in [0, 0.1) is 5.82 Å². The number of fused-ring (bicyclic) bond motifs is 3. The van der Waals surface area contributed by atoms with Crippen LogP contribution in [0.2, 0.25) is 0 Å². The molecule has 2 fully saturated rings. The molecule has 0 aliphatic carbocycles. The predicted octanol–water partition coefficient (Wildman–Crippen LogP) is 3.02. The van der Waals surface area contributed by atoms with Crippen molar-refractivity contribution in [3.8, 4) is 5.75 Å². The minimum absolute atomic E-state index is 0.0452. The summed E-state index contributed by atoms with van der Waals surface area (Å²) in [7, 11) is -3.90. The normalized spacial score (nSPS) is 25.9. The highest BCUT2D eigenvalue weighted by atomic mass is 32.2. The molecule has 3 aliphatic rings. The zero-order valence-corrected chi connectivity index (χ0v) is 20.0. The van der Waals surface area contributed by atoms with Gasteiger partial charge in [0.15, 0.2) is 0 Å². The van der Waals surface area contributed by atoms with Crippen LogP contribution in [0.1, 0.15) is 43.6 Å². The van der Waals surface area contributed by atoms with Gasteiger partial charge in [0.25, 0.3) is 10.0 Å². The first-order chi connectivity index (χ1) is 16.8. The van der Waals surface area contributed by atoms with Crippen molar-refractivity contribution in [3.05, 3.63) is 53.8 Å². The average Bonchev–Trinajstić information content (AvgIpc) is 3.22. The number of nitrogens with zero attached hydrogens (tertiary/aromatic N) is 1. The minimum atomic E-state index is -3.90. The molecule has 0 aromatic heterocycles. The van der Waals surface area contributed by atoms with Crippen molar-refractivity contribution in [1.82, 2.24) is 4.90 Å². The van der Waals surface area contributed by atoms with Gasteiger partial charge in [0, 0.05) is 30.3 Å². The van der Waals surface area contributed by atoms with E-state index in [1.54, 1.807) is 18.2 Å². The number of nitrogens with one attached hydrogen (secondary N) is 1. The third-order valence-corrected chi connectivity index (χ3v) is 8.38. The predicted molar refractivity (Wildman–Crippen MR) is 126 cm³/mol. The van der Waals surface area contributed by atoms with Gasteiger partial charge in [-0.05, 0) is 68.1 Å². The molecule has 4 atom stereocenters. The van der Waals surface area contributed by atoms with Crippen molar-refractivity contribution in [3.63, 3.8) is 0 Å². The number of carbonyl (C=O) groups excluding carboxylic acids is 1.